The highest BCUT2D eigenvalue weighted by molar-refractivity contribution is 6.24. The summed E-state index contributed by atoms with van der Waals surface area (Å²) in [5.41, 5.74) is 5.59. The average molecular weight is 450 g/mol. The molecule has 7 nitrogen and oxygen atoms in total. The molecule has 33 heavy (non-hydrogen) atoms. The molecule has 4 N–H and O–H groups in total. The lowest BCUT2D eigenvalue weighted by Crippen LogP contribution is -2.26. The molecule has 1 saturated carbocycles. The Morgan fingerprint density at radius 1 is 0.939 bits per heavy atom. The van der Waals surface area contributed by atoms with E-state index in [-0.39, 0.29) is 24.3 Å². The van der Waals surface area contributed by atoms with Crippen molar-refractivity contribution in [2.24, 2.45) is 0 Å². The van der Waals surface area contributed by atoms with Crippen molar-refractivity contribution in [2.75, 3.05) is 6.54 Å². The number of hydrogen-bond acceptors (Lipinski definition) is 4. The van der Waals surface area contributed by atoms with Crippen LogP contribution in [0.15, 0.2) is 48.5 Å². The third-order valence-corrected chi connectivity index (χ3v) is 5.49. The lowest BCUT2D eigenvalue weighted by molar-refractivity contribution is -0.129. The first kappa shape index (κ1) is 24.2. The Hall–Kier alpha value is -3.45. The minimum absolute atomic E-state index is 0.0837. The summed E-state index contributed by atoms with van der Waals surface area (Å²) >= 11 is 0. The van der Waals surface area contributed by atoms with Gasteiger partial charge in [0.05, 0.1) is 0 Å². The van der Waals surface area contributed by atoms with Crippen molar-refractivity contribution < 1.29 is 19.6 Å². The van der Waals surface area contributed by atoms with Gasteiger partial charge in [-0.25, -0.2) is 5.48 Å². The molecule has 1 aliphatic carbocycles. The third kappa shape index (κ3) is 7.88. The van der Waals surface area contributed by atoms with Crippen LogP contribution in [0.1, 0.15) is 65.6 Å². The molecule has 0 bridgehead atoms. The van der Waals surface area contributed by atoms with Crippen molar-refractivity contribution in [1.82, 2.24) is 16.1 Å². The number of carbonyl (C=O) groups excluding carboxylic acids is 3. The van der Waals surface area contributed by atoms with Gasteiger partial charge in [-0.3, -0.25) is 19.6 Å². The third-order valence-electron chi connectivity index (χ3n) is 5.49. The second kappa shape index (κ2) is 12.0. The second-order valence-electron chi connectivity index (χ2n) is 8.40. The zero-order chi connectivity index (χ0) is 23.6. The van der Waals surface area contributed by atoms with Gasteiger partial charge >= 0.3 is 0 Å². The minimum atomic E-state index is -0.399. The number of aryl methyl sites for hydroxylation is 1. The number of amides is 3. The molecular formula is C26H31N3O4. The number of rotatable bonds is 11. The van der Waals surface area contributed by atoms with E-state index in [1.54, 1.807) is 17.6 Å². The van der Waals surface area contributed by atoms with Crippen LogP contribution in [-0.2, 0) is 9.59 Å². The summed E-state index contributed by atoms with van der Waals surface area (Å²) in [4.78, 5) is 36.2. The summed E-state index contributed by atoms with van der Waals surface area (Å²) in [5.74, 6) is -0.646. The molecule has 0 unspecified atom stereocenters. The van der Waals surface area contributed by atoms with Crippen molar-refractivity contribution >= 4 is 29.4 Å². The van der Waals surface area contributed by atoms with Crippen LogP contribution in [0.25, 0.3) is 11.6 Å². The van der Waals surface area contributed by atoms with Gasteiger partial charge in [0.2, 0.25) is 5.91 Å². The maximum absolute atomic E-state index is 12.8. The summed E-state index contributed by atoms with van der Waals surface area (Å²) in [6, 6.07) is 15.3. The zero-order valence-electron chi connectivity index (χ0n) is 18.9. The predicted octanol–water partition coefficient (Wildman–Crippen LogP) is 3.61. The first-order chi connectivity index (χ1) is 16.0. The molecule has 0 aromatic heterocycles. The van der Waals surface area contributed by atoms with Crippen LogP contribution in [0.2, 0.25) is 0 Å². The second-order valence-corrected chi connectivity index (χ2v) is 8.40. The molecule has 0 atom stereocenters. The summed E-state index contributed by atoms with van der Waals surface area (Å²) in [5, 5.41) is 14.4. The first-order valence-electron chi connectivity index (χ1n) is 11.4. The van der Waals surface area contributed by atoms with Crippen molar-refractivity contribution in [3.05, 3.63) is 70.8 Å². The van der Waals surface area contributed by atoms with E-state index in [0.29, 0.717) is 24.1 Å². The highest BCUT2D eigenvalue weighted by Gasteiger charge is 2.25. The molecule has 2 aromatic carbocycles. The fourth-order valence-corrected chi connectivity index (χ4v) is 3.35. The molecule has 3 rings (SSSR count). The largest absolute Gasteiger partial charge is 0.352 e. The smallest absolute Gasteiger partial charge is 0.252 e. The van der Waals surface area contributed by atoms with Gasteiger partial charge in [-0.1, -0.05) is 48.4 Å². The molecule has 0 spiro atoms. The SMILES string of the molecule is Cc1ccc(C(=Cc2ccc(C(=O)NCCCCCC(=O)NO)cc2)C(=O)NC2CC2)cc1. The Morgan fingerprint density at radius 2 is 1.61 bits per heavy atom. The van der Waals surface area contributed by atoms with Crippen molar-refractivity contribution in [3.8, 4) is 0 Å². The number of benzene rings is 2. The van der Waals surface area contributed by atoms with Crippen LogP contribution >= 0.6 is 0 Å². The number of nitrogens with one attached hydrogen (secondary N) is 3. The normalized spacial score (nSPS) is 13.3. The number of unbranched alkanes of at least 4 members (excludes halogenated alkanes) is 2. The van der Waals surface area contributed by atoms with Crippen LogP contribution in [0, 0.1) is 6.92 Å². The van der Waals surface area contributed by atoms with Gasteiger partial charge in [0.1, 0.15) is 0 Å². The van der Waals surface area contributed by atoms with E-state index in [4.69, 9.17) is 5.21 Å². The quantitative estimate of drug-likeness (QED) is 0.138. The summed E-state index contributed by atoms with van der Waals surface area (Å²) in [7, 11) is 0. The van der Waals surface area contributed by atoms with E-state index < -0.39 is 5.91 Å². The Morgan fingerprint density at radius 3 is 2.24 bits per heavy atom. The summed E-state index contributed by atoms with van der Waals surface area (Å²) in [6.07, 6.45) is 6.35. The lowest BCUT2D eigenvalue weighted by Gasteiger charge is -2.10. The van der Waals surface area contributed by atoms with Crippen LogP contribution in [0.5, 0.6) is 0 Å². The molecule has 7 heteroatoms. The Labute approximate surface area is 194 Å². The van der Waals surface area contributed by atoms with E-state index in [1.165, 1.54) is 0 Å². The van der Waals surface area contributed by atoms with Gasteiger partial charge in [0.15, 0.2) is 0 Å². The summed E-state index contributed by atoms with van der Waals surface area (Å²) < 4.78 is 0. The Balaban J connectivity index is 1.59. The zero-order valence-corrected chi connectivity index (χ0v) is 18.9. The predicted molar refractivity (Wildman–Crippen MR) is 127 cm³/mol. The molecule has 0 radical (unpaired) electrons. The van der Waals surface area contributed by atoms with Crippen LogP contribution < -0.4 is 16.1 Å². The average Bonchev–Trinajstić information content (AvgIpc) is 3.64. The van der Waals surface area contributed by atoms with Crippen molar-refractivity contribution in [3.63, 3.8) is 0 Å². The van der Waals surface area contributed by atoms with E-state index in [2.05, 4.69) is 10.6 Å². The highest BCUT2D eigenvalue weighted by Crippen LogP contribution is 2.24. The van der Waals surface area contributed by atoms with Gasteiger partial charge < -0.3 is 10.6 Å². The van der Waals surface area contributed by atoms with E-state index in [0.717, 1.165) is 42.4 Å². The number of carbonyl (C=O) groups is 3. The van der Waals surface area contributed by atoms with Crippen LogP contribution in [-0.4, -0.2) is 35.5 Å². The maximum atomic E-state index is 12.8. The lowest BCUT2D eigenvalue weighted by atomic mass is 10.00. The standard InChI is InChI=1S/C26H31N3O4/c1-18-6-10-20(11-7-18)23(26(32)28-22-14-15-22)17-19-8-12-21(13-9-19)25(31)27-16-4-2-3-5-24(30)29-33/h6-13,17,22,33H,2-5,14-16H2,1H3,(H,27,31)(H,28,32)(H,29,30). The topological polar surface area (TPSA) is 108 Å². The minimum Gasteiger partial charge on any atom is -0.352 e. The fraction of sp³-hybridized carbons (Fsp3) is 0.346. The van der Waals surface area contributed by atoms with E-state index in [1.807, 2.05) is 49.4 Å². The molecular weight excluding hydrogens is 418 g/mol. The molecule has 2 aromatic rings. The van der Waals surface area contributed by atoms with Gasteiger partial charge in [0.25, 0.3) is 11.8 Å². The summed E-state index contributed by atoms with van der Waals surface area (Å²) in [6.45, 7) is 2.52. The fourth-order valence-electron chi connectivity index (χ4n) is 3.35. The molecule has 174 valence electrons. The molecule has 0 aliphatic heterocycles. The van der Waals surface area contributed by atoms with Crippen molar-refractivity contribution in [2.45, 2.75) is 51.5 Å². The maximum Gasteiger partial charge on any atom is 0.252 e. The van der Waals surface area contributed by atoms with Gasteiger partial charge in [0, 0.05) is 30.1 Å². The molecule has 0 saturated heterocycles. The van der Waals surface area contributed by atoms with Gasteiger partial charge in [-0.05, 0) is 61.9 Å². The highest BCUT2D eigenvalue weighted by atomic mass is 16.5. The Kier molecular flexibility index (Phi) is 8.78. The van der Waals surface area contributed by atoms with E-state index in [9.17, 15) is 14.4 Å². The van der Waals surface area contributed by atoms with Crippen LogP contribution in [0.4, 0.5) is 0 Å². The Bertz CT molecular complexity index is 993. The molecule has 1 aliphatic rings. The van der Waals surface area contributed by atoms with Gasteiger partial charge in [-0.15, -0.1) is 0 Å². The number of hydrogen-bond donors (Lipinski definition) is 4. The molecule has 3 amide bonds. The van der Waals surface area contributed by atoms with E-state index >= 15 is 0 Å². The molecule has 0 heterocycles. The monoisotopic (exact) mass is 449 g/mol. The van der Waals surface area contributed by atoms with Crippen molar-refractivity contribution in [1.29, 1.82) is 0 Å². The molecule has 1 fully saturated rings. The van der Waals surface area contributed by atoms with Gasteiger partial charge in [-0.2, -0.15) is 0 Å². The van der Waals surface area contributed by atoms with Crippen LogP contribution in [0.3, 0.4) is 0 Å². The number of hydroxylamine groups is 1. The first-order valence-corrected chi connectivity index (χ1v) is 11.4.